The second-order valence-electron chi connectivity index (χ2n) is 6.86. The first kappa shape index (κ1) is 18.9. The number of rotatable bonds is 5. The van der Waals surface area contributed by atoms with Crippen LogP contribution in [-0.4, -0.2) is 36.8 Å². The topological polar surface area (TPSA) is 77.7 Å². The van der Waals surface area contributed by atoms with Crippen LogP contribution in [0.15, 0.2) is 40.9 Å². The number of carbonyl (C=O) groups excluding carboxylic acids is 1. The van der Waals surface area contributed by atoms with Crippen molar-refractivity contribution in [1.29, 1.82) is 0 Å². The fourth-order valence-corrected chi connectivity index (χ4v) is 3.52. The molecule has 2 aromatic carbocycles. The number of amides is 1. The quantitative estimate of drug-likeness (QED) is 0.653. The van der Waals surface area contributed by atoms with Crippen molar-refractivity contribution >= 4 is 11.6 Å². The second-order valence-corrected chi connectivity index (χ2v) is 6.86. The molecule has 1 saturated heterocycles. The van der Waals surface area contributed by atoms with Gasteiger partial charge in [0.25, 0.3) is 5.89 Å². The molecule has 8 heteroatoms. The monoisotopic (exact) mass is 397 g/mol. The highest BCUT2D eigenvalue weighted by molar-refractivity contribution is 5.97. The molecule has 0 N–H and O–H groups in total. The lowest BCUT2D eigenvalue weighted by Crippen LogP contribution is -2.25. The van der Waals surface area contributed by atoms with E-state index in [4.69, 9.17) is 14.0 Å². The Bertz CT molecular complexity index is 1070. The third kappa shape index (κ3) is 3.53. The maximum atomic E-state index is 13.4. The molecule has 1 aliphatic heterocycles. The molecule has 1 fully saturated rings. The van der Waals surface area contributed by atoms with E-state index in [0.717, 1.165) is 0 Å². The molecular formula is C21H20FN3O4. The number of hydrogen-bond donors (Lipinski definition) is 0. The van der Waals surface area contributed by atoms with Crippen LogP contribution in [0.4, 0.5) is 10.1 Å². The minimum atomic E-state index is -0.327. The summed E-state index contributed by atoms with van der Waals surface area (Å²) < 4.78 is 29.3. The largest absolute Gasteiger partial charge is 0.493 e. The Hall–Kier alpha value is -3.42. The van der Waals surface area contributed by atoms with Gasteiger partial charge in [-0.1, -0.05) is 5.16 Å². The average molecular weight is 397 g/mol. The highest BCUT2D eigenvalue weighted by Gasteiger charge is 2.35. The highest BCUT2D eigenvalue weighted by atomic mass is 19.1. The molecule has 1 atom stereocenters. The summed E-state index contributed by atoms with van der Waals surface area (Å²) in [6.07, 6.45) is 0.266. The molecule has 1 amide bonds. The van der Waals surface area contributed by atoms with E-state index in [2.05, 4.69) is 10.1 Å². The van der Waals surface area contributed by atoms with Crippen molar-refractivity contribution < 1.29 is 23.2 Å². The summed E-state index contributed by atoms with van der Waals surface area (Å²) >= 11 is 0. The number of carbonyl (C=O) groups is 1. The Morgan fingerprint density at radius 3 is 2.66 bits per heavy atom. The molecule has 2 heterocycles. The zero-order valence-corrected chi connectivity index (χ0v) is 16.3. The van der Waals surface area contributed by atoms with Crippen LogP contribution in [0.3, 0.4) is 0 Å². The Morgan fingerprint density at radius 2 is 1.93 bits per heavy atom. The lowest BCUT2D eigenvalue weighted by atomic mass is 10.1. The van der Waals surface area contributed by atoms with Crippen LogP contribution >= 0.6 is 0 Å². The standard InChI is InChI=1S/C21H20FN3O4/c1-12-8-15(22)5-6-16(12)25-11-14(10-19(25)26)20-23-21(29-24-20)13-4-7-17(27-2)18(9-13)28-3/h4-9,14H,10-11H2,1-3H3. The summed E-state index contributed by atoms with van der Waals surface area (Å²) in [7, 11) is 3.12. The maximum Gasteiger partial charge on any atom is 0.258 e. The predicted octanol–water partition coefficient (Wildman–Crippen LogP) is 3.72. The van der Waals surface area contributed by atoms with E-state index in [0.29, 0.717) is 46.6 Å². The van der Waals surface area contributed by atoms with E-state index in [-0.39, 0.29) is 24.1 Å². The Balaban J connectivity index is 1.57. The van der Waals surface area contributed by atoms with Gasteiger partial charge in [0.2, 0.25) is 5.91 Å². The summed E-state index contributed by atoms with van der Waals surface area (Å²) in [4.78, 5) is 18.7. The van der Waals surface area contributed by atoms with Gasteiger partial charge in [-0.25, -0.2) is 4.39 Å². The number of anilines is 1. The lowest BCUT2D eigenvalue weighted by Gasteiger charge is -2.18. The first-order valence-electron chi connectivity index (χ1n) is 9.12. The van der Waals surface area contributed by atoms with Gasteiger partial charge in [-0.05, 0) is 48.9 Å². The first-order valence-corrected chi connectivity index (χ1v) is 9.12. The zero-order valence-electron chi connectivity index (χ0n) is 16.3. The number of ether oxygens (including phenoxy) is 2. The van der Waals surface area contributed by atoms with Crippen LogP contribution in [0.2, 0.25) is 0 Å². The van der Waals surface area contributed by atoms with Crippen LogP contribution in [0.25, 0.3) is 11.5 Å². The lowest BCUT2D eigenvalue weighted by molar-refractivity contribution is -0.117. The third-order valence-corrected chi connectivity index (χ3v) is 5.01. The van der Waals surface area contributed by atoms with Crippen molar-refractivity contribution in [3.05, 3.63) is 53.6 Å². The van der Waals surface area contributed by atoms with E-state index in [1.54, 1.807) is 50.3 Å². The van der Waals surface area contributed by atoms with Gasteiger partial charge in [0.05, 0.1) is 14.2 Å². The van der Waals surface area contributed by atoms with Crippen molar-refractivity contribution in [1.82, 2.24) is 10.1 Å². The van der Waals surface area contributed by atoms with E-state index in [9.17, 15) is 9.18 Å². The summed E-state index contributed by atoms with van der Waals surface area (Å²) in [6, 6.07) is 9.70. The van der Waals surface area contributed by atoms with Crippen molar-refractivity contribution in [3.8, 4) is 23.0 Å². The first-order chi connectivity index (χ1) is 14.0. The normalized spacial score (nSPS) is 16.3. The molecule has 4 rings (SSSR count). The molecule has 7 nitrogen and oxygen atoms in total. The minimum absolute atomic E-state index is 0.0535. The van der Waals surface area contributed by atoms with E-state index < -0.39 is 0 Å². The van der Waals surface area contributed by atoms with Crippen molar-refractivity contribution in [2.75, 3.05) is 25.7 Å². The number of methoxy groups -OCH3 is 2. The van der Waals surface area contributed by atoms with Gasteiger partial charge in [-0.2, -0.15) is 4.98 Å². The number of aromatic nitrogens is 2. The van der Waals surface area contributed by atoms with Crippen LogP contribution in [0, 0.1) is 12.7 Å². The van der Waals surface area contributed by atoms with Gasteiger partial charge >= 0.3 is 0 Å². The summed E-state index contributed by atoms with van der Waals surface area (Å²) in [5.74, 6) is 1.37. The van der Waals surface area contributed by atoms with Crippen molar-refractivity contribution in [2.24, 2.45) is 0 Å². The van der Waals surface area contributed by atoms with Crippen LogP contribution < -0.4 is 14.4 Å². The van der Waals surface area contributed by atoms with E-state index >= 15 is 0 Å². The molecule has 1 aromatic heterocycles. The molecule has 0 saturated carbocycles. The molecule has 150 valence electrons. The fourth-order valence-electron chi connectivity index (χ4n) is 3.52. The van der Waals surface area contributed by atoms with Crippen LogP contribution in [-0.2, 0) is 4.79 Å². The molecule has 0 spiro atoms. The SMILES string of the molecule is COc1ccc(-c2nc(C3CC(=O)N(c4ccc(F)cc4C)C3)no2)cc1OC. The minimum Gasteiger partial charge on any atom is -0.493 e. The van der Waals surface area contributed by atoms with E-state index in [1.807, 2.05) is 0 Å². The predicted molar refractivity (Wildman–Crippen MR) is 104 cm³/mol. The summed E-state index contributed by atoms with van der Waals surface area (Å²) in [5.41, 5.74) is 2.09. The summed E-state index contributed by atoms with van der Waals surface area (Å²) in [5, 5.41) is 4.07. The molecule has 0 aliphatic carbocycles. The highest BCUT2D eigenvalue weighted by Crippen LogP contribution is 2.35. The molecule has 1 unspecified atom stereocenters. The van der Waals surface area contributed by atoms with Gasteiger partial charge in [0, 0.05) is 30.1 Å². The Kier molecular flexibility index (Phi) is 4.92. The number of nitrogens with zero attached hydrogens (tertiary/aromatic N) is 3. The fraction of sp³-hybridized carbons (Fsp3) is 0.286. The molecule has 0 radical (unpaired) electrons. The summed E-state index contributed by atoms with van der Waals surface area (Å²) in [6.45, 7) is 2.19. The zero-order chi connectivity index (χ0) is 20.5. The smallest absolute Gasteiger partial charge is 0.258 e. The van der Waals surface area contributed by atoms with E-state index in [1.165, 1.54) is 12.1 Å². The molecular weight excluding hydrogens is 377 g/mol. The van der Waals surface area contributed by atoms with Crippen LogP contribution in [0.1, 0.15) is 23.7 Å². The second kappa shape index (κ2) is 7.54. The van der Waals surface area contributed by atoms with Gasteiger partial charge in [0.1, 0.15) is 5.82 Å². The number of halogens is 1. The van der Waals surface area contributed by atoms with Gasteiger partial charge in [-0.15, -0.1) is 0 Å². The molecule has 1 aliphatic rings. The average Bonchev–Trinajstić information content (AvgIpc) is 3.34. The van der Waals surface area contributed by atoms with Gasteiger partial charge in [-0.3, -0.25) is 4.79 Å². The van der Waals surface area contributed by atoms with Gasteiger partial charge < -0.3 is 18.9 Å². The van der Waals surface area contributed by atoms with Crippen LogP contribution in [0.5, 0.6) is 11.5 Å². The number of benzene rings is 2. The third-order valence-electron chi connectivity index (χ3n) is 5.01. The molecule has 0 bridgehead atoms. The number of hydrogen-bond acceptors (Lipinski definition) is 6. The number of aryl methyl sites for hydroxylation is 1. The molecule has 29 heavy (non-hydrogen) atoms. The Labute approximate surface area is 167 Å². The van der Waals surface area contributed by atoms with Crippen molar-refractivity contribution in [3.63, 3.8) is 0 Å². The maximum absolute atomic E-state index is 13.4. The Morgan fingerprint density at radius 1 is 1.14 bits per heavy atom. The van der Waals surface area contributed by atoms with Crippen molar-refractivity contribution in [2.45, 2.75) is 19.3 Å². The molecule has 3 aromatic rings. The van der Waals surface area contributed by atoms with Gasteiger partial charge in [0.15, 0.2) is 17.3 Å².